The van der Waals surface area contributed by atoms with Gasteiger partial charge in [-0.25, -0.2) is 4.39 Å². The minimum absolute atomic E-state index is 0.0105. The summed E-state index contributed by atoms with van der Waals surface area (Å²) in [5.41, 5.74) is 3.71. The van der Waals surface area contributed by atoms with E-state index < -0.39 is 0 Å². The van der Waals surface area contributed by atoms with Crippen LogP contribution in [-0.4, -0.2) is 4.98 Å². The molecular weight excluding hydrogens is 241 g/mol. The highest BCUT2D eigenvalue weighted by Crippen LogP contribution is 2.38. The van der Waals surface area contributed by atoms with E-state index in [4.69, 9.17) is 5.84 Å². The number of hydrazine groups is 1. The van der Waals surface area contributed by atoms with Crippen molar-refractivity contribution >= 4 is 0 Å². The quantitative estimate of drug-likeness (QED) is 0.649. The van der Waals surface area contributed by atoms with Crippen LogP contribution in [0.25, 0.3) is 0 Å². The summed E-state index contributed by atoms with van der Waals surface area (Å²) in [5.74, 6) is 7.43. The largest absolute Gasteiger partial charge is 0.271 e. The van der Waals surface area contributed by atoms with E-state index in [2.05, 4.69) is 24.3 Å². The van der Waals surface area contributed by atoms with Crippen LogP contribution in [0.4, 0.5) is 4.39 Å². The Labute approximate surface area is 114 Å². The van der Waals surface area contributed by atoms with Crippen molar-refractivity contribution in [3.8, 4) is 0 Å². The Morgan fingerprint density at radius 3 is 2.37 bits per heavy atom. The number of aromatic nitrogens is 1. The number of nitrogens with two attached hydrogens (primary N) is 1. The fourth-order valence-corrected chi connectivity index (χ4v) is 3.25. The lowest BCUT2D eigenvalue weighted by Crippen LogP contribution is -2.36. The normalized spacial score (nSPS) is 25.5. The van der Waals surface area contributed by atoms with Gasteiger partial charge in [-0.2, -0.15) is 0 Å². The Hall–Kier alpha value is -1.00. The summed E-state index contributed by atoms with van der Waals surface area (Å²) in [7, 11) is 0. The molecule has 0 spiro atoms. The van der Waals surface area contributed by atoms with Gasteiger partial charge in [0.25, 0.3) is 0 Å². The standard InChI is InChI=1S/C15H24FN3/c1-10(2)11-3-5-12(6-4-11)15(19-17)13-7-14(16)9-18-8-13/h7-12,15,19H,3-6,17H2,1-2H3. The second kappa shape index (κ2) is 6.44. The van der Waals surface area contributed by atoms with Gasteiger partial charge in [0, 0.05) is 6.20 Å². The van der Waals surface area contributed by atoms with Crippen LogP contribution < -0.4 is 11.3 Å². The van der Waals surface area contributed by atoms with Crippen LogP contribution >= 0.6 is 0 Å². The Balaban J connectivity index is 2.03. The van der Waals surface area contributed by atoms with E-state index in [-0.39, 0.29) is 11.9 Å². The van der Waals surface area contributed by atoms with E-state index in [1.54, 1.807) is 6.20 Å². The third-order valence-corrected chi connectivity index (χ3v) is 4.50. The van der Waals surface area contributed by atoms with Crippen LogP contribution in [0.1, 0.15) is 51.1 Å². The molecule has 1 aliphatic carbocycles. The molecule has 0 saturated heterocycles. The van der Waals surface area contributed by atoms with Gasteiger partial charge in [-0.3, -0.25) is 16.3 Å². The number of hydrogen-bond acceptors (Lipinski definition) is 3. The van der Waals surface area contributed by atoms with E-state index in [1.807, 2.05) is 0 Å². The van der Waals surface area contributed by atoms with E-state index in [9.17, 15) is 4.39 Å². The second-order valence-corrected chi connectivity index (χ2v) is 6.00. The van der Waals surface area contributed by atoms with Crippen LogP contribution in [-0.2, 0) is 0 Å². The zero-order valence-corrected chi connectivity index (χ0v) is 11.8. The van der Waals surface area contributed by atoms with Crippen LogP contribution in [0.5, 0.6) is 0 Å². The van der Waals surface area contributed by atoms with Gasteiger partial charge in [0.1, 0.15) is 5.82 Å². The molecule has 4 heteroatoms. The summed E-state index contributed by atoms with van der Waals surface area (Å²) in [4.78, 5) is 3.92. The minimum atomic E-state index is -0.298. The number of nitrogens with one attached hydrogen (secondary N) is 1. The molecule has 1 aromatic rings. The fraction of sp³-hybridized carbons (Fsp3) is 0.667. The molecule has 1 heterocycles. The number of hydrogen-bond donors (Lipinski definition) is 2. The highest BCUT2D eigenvalue weighted by atomic mass is 19.1. The maximum Gasteiger partial charge on any atom is 0.141 e. The lowest BCUT2D eigenvalue weighted by molar-refractivity contribution is 0.189. The SMILES string of the molecule is CC(C)C1CCC(C(NN)c2cncc(F)c2)CC1. The van der Waals surface area contributed by atoms with Crippen molar-refractivity contribution in [2.24, 2.45) is 23.6 Å². The van der Waals surface area contributed by atoms with Crippen molar-refractivity contribution in [1.29, 1.82) is 0 Å². The summed E-state index contributed by atoms with van der Waals surface area (Å²) in [6, 6.07) is 1.54. The molecule has 2 rings (SSSR count). The zero-order valence-electron chi connectivity index (χ0n) is 11.8. The molecule has 1 aliphatic rings. The molecule has 1 fully saturated rings. The van der Waals surface area contributed by atoms with Crippen molar-refractivity contribution < 1.29 is 4.39 Å². The van der Waals surface area contributed by atoms with Crippen molar-refractivity contribution in [1.82, 2.24) is 10.4 Å². The number of nitrogens with zero attached hydrogens (tertiary/aromatic N) is 1. The Morgan fingerprint density at radius 2 is 1.84 bits per heavy atom. The highest BCUT2D eigenvalue weighted by molar-refractivity contribution is 5.16. The molecule has 1 atom stereocenters. The summed E-state index contributed by atoms with van der Waals surface area (Å²) in [6.45, 7) is 4.58. The zero-order chi connectivity index (χ0) is 13.8. The predicted molar refractivity (Wildman–Crippen MR) is 74.5 cm³/mol. The summed E-state index contributed by atoms with van der Waals surface area (Å²) < 4.78 is 13.3. The molecule has 0 aliphatic heterocycles. The Bertz CT molecular complexity index is 400. The third-order valence-electron chi connectivity index (χ3n) is 4.50. The average molecular weight is 265 g/mol. The minimum Gasteiger partial charge on any atom is -0.271 e. The van der Waals surface area contributed by atoms with E-state index in [0.717, 1.165) is 30.2 Å². The van der Waals surface area contributed by atoms with E-state index in [1.165, 1.54) is 25.1 Å². The molecule has 0 radical (unpaired) electrons. The van der Waals surface area contributed by atoms with Gasteiger partial charge >= 0.3 is 0 Å². The molecule has 0 amide bonds. The maximum atomic E-state index is 13.3. The monoisotopic (exact) mass is 265 g/mol. The molecule has 0 bridgehead atoms. The smallest absolute Gasteiger partial charge is 0.141 e. The second-order valence-electron chi connectivity index (χ2n) is 6.00. The van der Waals surface area contributed by atoms with Gasteiger partial charge in [-0.1, -0.05) is 13.8 Å². The fourth-order valence-electron chi connectivity index (χ4n) is 3.25. The average Bonchev–Trinajstić information content (AvgIpc) is 2.40. The topological polar surface area (TPSA) is 50.9 Å². The van der Waals surface area contributed by atoms with Gasteiger partial charge in [0.15, 0.2) is 0 Å². The molecule has 1 unspecified atom stereocenters. The predicted octanol–water partition coefficient (Wildman–Crippen LogP) is 3.19. The number of rotatable bonds is 4. The van der Waals surface area contributed by atoms with Gasteiger partial charge in [-0.15, -0.1) is 0 Å². The Kier molecular flexibility index (Phi) is 4.88. The van der Waals surface area contributed by atoms with Crippen molar-refractivity contribution in [2.75, 3.05) is 0 Å². The molecule has 0 aromatic carbocycles. The maximum absolute atomic E-state index is 13.3. The van der Waals surface area contributed by atoms with E-state index in [0.29, 0.717) is 5.92 Å². The first-order valence-corrected chi connectivity index (χ1v) is 7.18. The molecule has 106 valence electrons. The number of pyridine rings is 1. The first kappa shape index (κ1) is 14.4. The van der Waals surface area contributed by atoms with Crippen LogP contribution in [0.2, 0.25) is 0 Å². The van der Waals surface area contributed by atoms with Crippen LogP contribution in [0.15, 0.2) is 18.5 Å². The van der Waals surface area contributed by atoms with Gasteiger partial charge in [0.2, 0.25) is 0 Å². The highest BCUT2D eigenvalue weighted by Gasteiger charge is 2.29. The molecule has 1 aromatic heterocycles. The Morgan fingerprint density at radius 1 is 1.21 bits per heavy atom. The van der Waals surface area contributed by atoms with Gasteiger partial charge in [-0.05, 0) is 55.1 Å². The number of halogens is 1. The van der Waals surface area contributed by atoms with Crippen molar-refractivity contribution in [3.05, 3.63) is 29.8 Å². The summed E-state index contributed by atoms with van der Waals surface area (Å²) in [6.07, 6.45) is 7.71. The first-order valence-electron chi connectivity index (χ1n) is 7.18. The van der Waals surface area contributed by atoms with Crippen molar-refractivity contribution in [2.45, 2.75) is 45.6 Å². The molecule has 3 nitrogen and oxygen atoms in total. The lowest BCUT2D eigenvalue weighted by atomic mass is 9.73. The molecule has 19 heavy (non-hydrogen) atoms. The molecule has 3 N–H and O–H groups in total. The summed E-state index contributed by atoms with van der Waals surface area (Å²) in [5, 5.41) is 0. The van der Waals surface area contributed by atoms with Gasteiger partial charge in [0.05, 0.1) is 12.2 Å². The molecular formula is C15H24FN3. The summed E-state index contributed by atoms with van der Waals surface area (Å²) >= 11 is 0. The third kappa shape index (κ3) is 3.51. The van der Waals surface area contributed by atoms with Crippen LogP contribution in [0.3, 0.4) is 0 Å². The molecule has 1 saturated carbocycles. The van der Waals surface area contributed by atoms with Crippen LogP contribution in [0, 0.1) is 23.6 Å². The first-order chi connectivity index (χ1) is 9.11. The van der Waals surface area contributed by atoms with Gasteiger partial charge < -0.3 is 0 Å². The van der Waals surface area contributed by atoms with E-state index >= 15 is 0 Å². The van der Waals surface area contributed by atoms with Crippen molar-refractivity contribution in [3.63, 3.8) is 0 Å². The lowest BCUT2D eigenvalue weighted by Gasteiger charge is -2.35.